The van der Waals surface area contributed by atoms with Gasteiger partial charge in [-0.3, -0.25) is 0 Å². The van der Waals surface area contributed by atoms with E-state index >= 15 is 0 Å². The molecule has 0 fully saturated rings. The molecule has 0 aromatic rings. The van der Waals surface area contributed by atoms with Crippen LogP contribution in [-0.4, -0.2) is 37.7 Å². The Morgan fingerprint density at radius 3 is 0.750 bits per heavy atom. The standard InChI is InChI=1S/Ca.2ClH.La/h;2*1H;/q+2;;;/p-2. The predicted octanol–water partition coefficient (Wildman–Crippen LogP) is -6.37. The van der Waals surface area contributed by atoms with Crippen LogP contribution in [0.4, 0.5) is 0 Å². The van der Waals surface area contributed by atoms with Gasteiger partial charge in [-0.25, -0.2) is 0 Å². The van der Waals surface area contributed by atoms with Crippen molar-refractivity contribution in [2.45, 2.75) is 0 Å². The summed E-state index contributed by atoms with van der Waals surface area (Å²) in [5, 5.41) is 0. The summed E-state index contributed by atoms with van der Waals surface area (Å²) in [5.74, 6) is 0. The number of hydrogen-bond acceptors (Lipinski definition) is 0. The molecule has 19 valence electrons. The van der Waals surface area contributed by atoms with Gasteiger partial charge in [0.15, 0.2) is 0 Å². The van der Waals surface area contributed by atoms with E-state index in [0.717, 1.165) is 0 Å². The molecule has 0 aliphatic carbocycles. The van der Waals surface area contributed by atoms with Crippen LogP contribution in [0.25, 0.3) is 0 Å². The molecule has 0 saturated carbocycles. The van der Waals surface area contributed by atoms with Crippen molar-refractivity contribution in [1.29, 1.82) is 0 Å². The zero-order chi connectivity index (χ0) is 0. The summed E-state index contributed by atoms with van der Waals surface area (Å²) in [6, 6.07) is 0. The summed E-state index contributed by atoms with van der Waals surface area (Å²) < 4.78 is 0. The molecule has 0 saturated heterocycles. The van der Waals surface area contributed by atoms with E-state index in [1.54, 1.807) is 0 Å². The van der Waals surface area contributed by atoms with Crippen molar-refractivity contribution in [3.63, 3.8) is 0 Å². The minimum atomic E-state index is 0. The fraction of sp³-hybridized carbons (Fsp3) is 0. The normalized spacial score (nSPS) is 0. The van der Waals surface area contributed by atoms with E-state index < -0.39 is 0 Å². The van der Waals surface area contributed by atoms with Crippen LogP contribution in [0, 0.1) is 35.6 Å². The predicted molar refractivity (Wildman–Crippen MR) is 5.75 cm³/mol. The maximum atomic E-state index is 0. The van der Waals surface area contributed by atoms with Gasteiger partial charge in [-0.1, -0.05) is 0 Å². The van der Waals surface area contributed by atoms with Gasteiger partial charge in [-0.15, -0.1) is 0 Å². The zero-order valence-corrected chi connectivity index (χ0v) is 9.39. The van der Waals surface area contributed by atoms with Gasteiger partial charge in [-0.05, 0) is 0 Å². The van der Waals surface area contributed by atoms with E-state index in [0.29, 0.717) is 0 Å². The van der Waals surface area contributed by atoms with E-state index in [2.05, 4.69) is 0 Å². The molecule has 0 heterocycles. The van der Waals surface area contributed by atoms with Crippen LogP contribution in [-0.2, 0) is 0 Å². The summed E-state index contributed by atoms with van der Waals surface area (Å²) in [4.78, 5) is 0. The van der Waals surface area contributed by atoms with E-state index in [1.165, 1.54) is 0 Å². The first-order valence-electron chi connectivity index (χ1n) is 0. The summed E-state index contributed by atoms with van der Waals surface area (Å²) in [5.41, 5.74) is 0. The molecular weight excluding hydrogens is 250 g/mol. The Morgan fingerprint density at radius 2 is 0.750 bits per heavy atom. The molecule has 0 unspecified atom stereocenters. The van der Waals surface area contributed by atoms with E-state index in [-0.39, 0.29) is 98.2 Å². The van der Waals surface area contributed by atoms with Gasteiger partial charge in [0.2, 0.25) is 0 Å². The van der Waals surface area contributed by atoms with Crippen molar-refractivity contribution in [2.75, 3.05) is 0 Å². The van der Waals surface area contributed by atoms with Crippen LogP contribution in [0.2, 0.25) is 0 Å². The van der Waals surface area contributed by atoms with Crippen LogP contribution in [0.3, 0.4) is 0 Å². The molecule has 4 heteroatoms. The Balaban J connectivity index is 0. The Bertz CT molecular complexity index is 6.00. The van der Waals surface area contributed by atoms with Gasteiger partial charge in [0.1, 0.15) is 0 Å². The molecular formula is CaCl2La. The maximum absolute atomic E-state index is 0. The first-order valence-corrected chi connectivity index (χ1v) is 0. The van der Waals surface area contributed by atoms with Crippen molar-refractivity contribution < 1.29 is 60.4 Å². The van der Waals surface area contributed by atoms with Gasteiger partial charge in [-0.2, -0.15) is 0 Å². The zero-order valence-electron chi connectivity index (χ0n) is 2.04. The fourth-order valence-corrected chi connectivity index (χ4v) is 0. The molecule has 0 amide bonds. The maximum Gasteiger partial charge on any atom is 2.00 e. The summed E-state index contributed by atoms with van der Waals surface area (Å²) in [7, 11) is 0. The minimum Gasteiger partial charge on any atom is -1.00 e. The monoisotopic (exact) mass is 249 g/mol. The molecule has 0 atom stereocenters. The second-order valence-electron chi connectivity index (χ2n) is 0. The van der Waals surface area contributed by atoms with Crippen molar-refractivity contribution in [3.8, 4) is 0 Å². The van der Waals surface area contributed by atoms with Gasteiger partial charge in [0.05, 0.1) is 0 Å². The van der Waals surface area contributed by atoms with Crippen LogP contribution >= 0.6 is 0 Å². The Morgan fingerprint density at radius 1 is 0.750 bits per heavy atom. The van der Waals surface area contributed by atoms with E-state index in [1.807, 2.05) is 0 Å². The Hall–Kier alpha value is 3.03. The summed E-state index contributed by atoms with van der Waals surface area (Å²) in [6.45, 7) is 0. The molecule has 0 N–H and O–H groups in total. The van der Waals surface area contributed by atoms with Gasteiger partial charge < -0.3 is 24.8 Å². The molecule has 4 heavy (non-hydrogen) atoms. The van der Waals surface area contributed by atoms with Crippen molar-refractivity contribution in [2.24, 2.45) is 0 Å². The summed E-state index contributed by atoms with van der Waals surface area (Å²) >= 11 is 0. The van der Waals surface area contributed by atoms with Crippen LogP contribution in [0.5, 0.6) is 0 Å². The third-order valence-electron chi connectivity index (χ3n) is 0. The molecule has 0 bridgehead atoms. The second-order valence-corrected chi connectivity index (χ2v) is 0. The molecule has 0 aromatic carbocycles. The van der Waals surface area contributed by atoms with Crippen LogP contribution < -0.4 is 24.8 Å². The number of rotatable bonds is 0. The third kappa shape index (κ3) is 8.90. The molecule has 1 radical (unpaired) electrons. The van der Waals surface area contributed by atoms with E-state index in [4.69, 9.17) is 0 Å². The molecule has 0 aliphatic rings. The van der Waals surface area contributed by atoms with Crippen molar-refractivity contribution >= 4 is 37.7 Å². The quantitative estimate of drug-likeness (QED) is 0.375. The van der Waals surface area contributed by atoms with Crippen molar-refractivity contribution in [3.05, 3.63) is 0 Å². The van der Waals surface area contributed by atoms with Crippen LogP contribution in [0.1, 0.15) is 0 Å². The number of hydrogen-bond donors (Lipinski definition) is 0. The van der Waals surface area contributed by atoms with Gasteiger partial charge >= 0.3 is 37.7 Å². The third-order valence-corrected chi connectivity index (χ3v) is 0. The largest absolute Gasteiger partial charge is 2.00 e. The molecule has 0 rings (SSSR count). The topological polar surface area (TPSA) is 0 Å². The Labute approximate surface area is 95.9 Å². The molecule has 0 nitrogen and oxygen atoms in total. The molecule has 0 aromatic heterocycles. The smallest absolute Gasteiger partial charge is 1.00 e. The fourth-order valence-electron chi connectivity index (χ4n) is 0. The van der Waals surface area contributed by atoms with Crippen molar-refractivity contribution in [1.82, 2.24) is 0 Å². The molecule has 0 aliphatic heterocycles. The van der Waals surface area contributed by atoms with Crippen LogP contribution in [0.15, 0.2) is 0 Å². The van der Waals surface area contributed by atoms with E-state index in [9.17, 15) is 0 Å². The summed E-state index contributed by atoms with van der Waals surface area (Å²) in [6.07, 6.45) is 0. The first kappa shape index (κ1) is 27.8. The SMILES string of the molecule is [Ca+2].[Cl-].[Cl-].[La]. The van der Waals surface area contributed by atoms with Gasteiger partial charge in [0, 0.05) is 35.6 Å². The average Bonchev–Trinajstić information content (AvgIpc) is 0. The first-order chi connectivity index (χ1) is 0. The Kier molecular flexibility index (Phi) is 116. The minimum absolute atomic E-state index is 0. The average molecular weight is 250 g/mol. The molecule has 0 spiro atoms. The van der Waals surface area contributed by atoms with Gasteiger partial charge in [0.25, 0.3) is 0 Å². The second kappa shape index (κ2) is 16.6. The number of halogens is 2.